The maximum Gasteiger partial charge on any atom is 0.116 e. The number of nitrogens with zero attached hydrogens (tertiary/aromatic N) is 4. The number of pyridine rings is 2. The molecule has 6 rings (SSSR count). The number of benzene rings is 3. The third-order valence-corrected chi connectivity index (χ3v) is 8.39. The number of fused-ring (bicyclic) bond motifs is 3. The van der Waals surface area contributed by atoms with E-state index in [9.17, 15) is 0 Å². The number of para-hydroxylation sites is 1. The smallest absolute Gasteiger partial charge is 0.116 e. The summed E-state index contributed by atoms with van der Waals surface area (Å²) in [6.07, 6.45) is 3.61. The Morgan fingerprint density at radius 3 is 1.95 bits per heavy atom. The number of aromatic nitrogens is 4. The van der Waals surface area contributed by atoms with E-state index in [4.69, 9.17) is 15.0 Å². The lowest BCUT2D eigenvalue weighted by Crippen LogP contribution is -2.22. The summed E-state index contributed by atoms with van der Waals surface area (Å²) in [6.45, 7) is 15.6. The van der Waals surface area contributed by atoms with Gasteiger partial charge in [0.05, 0.1) is 22.4 Å². The van der Waals surface area contributed by atoms with E-state index in [0.29, 0.717) is 0 Å². The van der Waals surface area contributed by atoms with E-state index in [1.54, 1.807) is 6.33 Å². The quantitative estimate of drug-likeness (QED) is 0.231. The van der Waals surface area contributed by atoms with Gasteiger partial charge in [-0.15, -0.1) is 0 Å². The molecule has 0 aliphatic carbocycles. The van der Waals surface area contributed by atoms with E-state index in [1.807, 2.05) is 18.3 Å². The van der Waals surface area contributed by atoms with Crippen molar-refractivity contribution in [3.63, 3.8) is 0 Å². The third-order valence-electron chi connectivity index (χ3n) is 8.39. The standard InChI is InChI=1S/C36H36N4/c1-34(2,3)31-17-12-24-21-26(14-16-29(24)40-31)35(4,5)32-27-15-13-25(20-23(27)18-19-37-32)36(6,7)33-28-10-8-9-11-30(28)38-22-39-33/h8-22H,1-7H3. The molecule has 0 unspecified atom stereocenters. The van der Waals surface area contributed by atoms with Gasteiger partial charge < -0.3 is 0 Å². The number of hydrogen-bond acceptors (Lipinski definition) is 4. The van der Waals surface area contributed by atoms with Gasteiger partial charge in [-0.25, -0.2) is 9.97 Å². The fraction of sp³-hybridized carbons (Fsp3) is 0.278. The molecule has 0 spiro atoms. The van der Waals surface area contributed by atoms with E-state index < -0.39 is 0 Å². The molecule has 0 radical (unpaired) electrons. The van der Waals surface area contributed by atoms with Gasteiger partial charge in [-0.1, -0.05) is 97.0 Å². The van der Waals surface area contributed by atoms with E-state index in [-0.39, 0.29) is 16.2 Å². The van der Waals surface area contributed by atoms with Gasteiger partial charge >= 0.3 is 0 Å². The van der Waals surface area contributed by atoms with Gasteiger partial charge in [0.2, 0.25) is 0 Å². The molecule has 0 saturated heterocycles. The van der Waals surface area contributed by atoms with Crippen LogP contribution < -0.4 is 0 Å². The summed E-state index contributed by atoms with van der Waals surface area (Å²) in [6, 6.07) is 28.1. The van der Waals surface area contributed by atoms with Crippen LogP contribution in [-0.2, 0) is 16.2 Å². The molecule has 0 atom stereocenters. The Morgan fingerprint density at radius 2 is 1.20 bits per heavy atom. The molecular weight excluding hydrogens is 488 g/mol. The van der Waals surface area contributed by atoms with Gasteiger partial charge in [0.25, 0.3) is 0 Å². The lowest BCUT2D eigenvalue weighted by molar-refractivity contribution is 0.571. The minimum atomic E-state index is -0.299. The van der Waals surface area contributed by atoms with Crippen molar-refractivity contribution in [1.82, 2.24) is 19.9 Å². The highest BCUT2D eigenvalue weighted by molar-refractivity contribution is 5.88. The number of hydrogen-bond donors (Lipinski definition) is 0. The van der Waals surface area contributed by atoms with Crippen LogP contribution in [0.25, 0.3) is 32.6 Å². The van der Waals surface area contributed by atoms with Crippen LogP contribution in [0.3, 0.4) is 0 Å². The van der Waals surface area contributed by atoms with Crippen molar-refractivity contribution in [3.05, 3.63) is 120 Å². The topological polar surface area (TPSA) is 51.6 Å². The summed E-state index contributed by atoms with van der Waals surface area (Å²) in [5.41, 5.74) is 7.07. The van der Waals surface area contributed by atoms with E-state index in [2.05, 4.69) is 120 Å². The molecule has 6 aromatic rings. The highest BCUT2D eigenvalue weighted by atomic mass is 14.8. The Morgan fingerprint density at radius 1 is 0.525 bits per heavy atom. The monoisotopic (exact) mass is 524 g/mol. The second-order valence-corrected chi connectivity index (χ2v) is 12.9. The van der Waals surface area contributed by atoms with Crippen LogP contribution in [0.5, 0.6) is 0 Å². The molecule has 0 saturated carbocycles. The highest BCUT2D eigenvalue weighted by Gasteiger charge is 2.30. The van der Waals surface area contributed by atoms with Crippen molar-refractivity contribution in [2.45, 2.75) is 64.7 Å². The van der Waals surface area contributed by atoms with Gasteiger partial charge in [0.15, 0.2) is 0 Å². The minimum absolute atomic E-state index is 0.0208. The highest BCUT2D eigenvalue weighted by Crippen LogP contribution is 2.39. The third kappa shape index (κ3) is 4.32. The average molecular weight is 525 g/mol. The number of rotatable bonds is 4. The lowest BCUT2D eigenvalue weighted by atomic mass is 9.76. The maximum absolute atomic E-state index is 4.94. The van der Waals surface area contributed by atoms with Gasteiger partial charge in [0, 0.05) is 44.3 Å². The van der Waals surface area contributed by atoms with Crippen molar-refractivity contribution in [1.29, 1.82) is 0 Å². The summed E-state index contributed by atoms with van der Waals surface area (Å²) >= 11 is 0. The molecule has 3 aromatic heterocycles. The van der Waals surface area contributed by atoms with E-state index in [0.717, 1.165) is 38.9 Å². The summed E-state index contributed by atoms with van der Waals surface area (Å²) in [4.78, 5) is 19.1. The normalized spacial score (nSPS) is 12.9. The molecular formula is C36H36N4. The molecule has 0 aliphatic rings. The van der Waals surface area contributed by atoms with Crippen molar-refractivity contribution in [3.8, 4) is 0 Å². The molecule has 0 bridgehead atoms. The Hall–Kier alpha value is -4.18. The largest absolute Gasteiger partial charge is 0.260 e. The van der Waals surface area contributed by atoms with E-state index >= 15 is 0 Å². The van der Waals surface area contributed by atoms with Crippen LogP contribution in [0.15, 0.2) is 91.4 Å². The molecule has 4 heteroatoms. The zero-order valence-corrected chi connectivity index (χ0v) is 24.4. The summed E-state index contributed by atoms with van der Waals surface area (Å²) in [5.74, 6) is 0. The Labute approximate surface area is 236 Å². The van der Waals surface area contributed by atoms with Gasteiger partial charge in [-0.05, 0) is 46.8 Å². The first-order chi connectivity index (χ1) is 19.0. The first kappa shape index (κ1) is 26.1. The van der Waals surface area contributed by atoms with Crippen LogP contribution in [0.1, 0.15) is 76.7 Å². The minimum Gasteiger partial charge on any atom is -0.260 e. The van der Waals surface area contributed by atoms with Crippen LogP contribution in [0, 0.1) is 0 Å². The van der Waals surface area contributed by atoms with Crippen LogP contribution >= 0.6 is 0 Å². The molecule has 0 N–H and O–H groups in total. The Balaban J connectivity index is 1.42. The molecule has 3 heterocycles. The molecule has 4 nitrogen and oxygen atoms in total. The van der Waals surface area contributed by atoms with Gasteiger partial charge in [0.1, 0.15) is 6.33 Å². The van der Waals surface area contributed by atoms with Crippen LogP contribution in [0.2, 0.25) is 0 Å². The summed E-state index contributed by atoms with van der Waals surface area (Å²) in [5, 5.41) is 4.59. The second kappa shape index (κ2) is 9.19. The first-order valence-electron chi connectivity index (χ1n) is 14.0. The molecule has 3 aromatic carbocycles. The fourth-order valence-electron chi connectivity index (χ4n) is 5.77. The molecule has 40 heavy (non-hydrogen) atoms. The van der Waals surface area contributed by atoms with Gasteiger partial charge in [-0.2, -0.15) is 0 Å². The summed E-state index contributed by atoms with van der Waals surface area (Å²) in [7, 11) is 0. The zero-order chi connectivity index (χ0) is 28.3. The molecule has 0 fully saturated rings. The summed E-state index contributed by atoms with van der Waals surface area (Å²) < 4.78 is 0. The zero-order valence-electron chi connectivity index (χ0n) is 24.4. The van der Waals surface area contributed by atoms with E-state index in [1.165, 1.54) is 21.9 Å². The predicted octanol–water partition coefficient (Wildman–Crippen LogP) is 8.68. The molecule has 0 aliphatic heterocycles. The lowest BCUT2D eigenvalue weighted by Gasteiger charge is -2.29. The molecule has 200 valence electrons. The molecule has 0 amide bonds. The van der Waals surface area contributed by atoms with Crippen molar-refractivity contribution in [2.75, 3.05) is 0 Å². The average Bonchev–Trinajstić information content (AvgIpc) is 2.95. The second-order valence-electron chi connectivity index (χ2n) is 12.9. The first-order valence-corrected chi connectivity index (χ1v) is 14.0. The van der Waals surface area contributed by atoms with Crippen molar-refractivity contribution in [2.24, 2.45) is 0 Å². The fourth-order valence-corrected chi connectivity index (χ4v) is 5.77. The van der Waals surface area contributed by atoms with Crippen molar-refractivity contribution < 1.29 is 0 Å². The van der Waals surface area contributed by atoms with Crippen molar-refractivity contribution >= 4 is 32.6 Å². The predicted molar refractivity (Wildman–Crippen MR) is 166 cm³/mol. The maximum atomic E-state index is 4.94. The van der Waals surface area contributed by atoms with Crippen LogP contribution in [0.4, 0.5) is 0 Å². The van der Waals surface area contributed by atoms with Crippen LogP contribution in [-0.4, -0.2) is 19.9 Å². The SMILES string of the molecule is CC(C)(C)c1ccc2cc(C(C)(C)c3nccc4cc(C(C)(C)c5ncnc6ccccc56)ccc34)ccc2n1. The van der Waals surface area contributed by atoms with Gasteiger partial charge in [-0.3, -0.25) is 9.97 Å². The Kier molecular flexibility index (Phi) is 5.99. The Bertz CT molecular complexity index is 1890.